The fourth-order valence-corrected chi connectivity index (χ4v) is 10.9. The second-order valence-corrected chi connectivity index (χ2v) is 15.8. The van der Waals surface area contributed by atoms with E-state index in [-0.39, 0.29) is 70.3 Å². The minimum absolute atomic E-state index is 0.00230. The van der Waals surface area contributed by atoms with Gasteiger partial charge in [0.1, 0.15) is 5.71 Å². The standard InChI is InChI=1S/C35H54N2O8/c1-20(5-8-29(40)41)23-6-7-24-30-25(16-28(39)35(23,24)4)34(3)11-9-21(17-33(34,2)18-27(30)38)19-45-14-13-37-31(42)22-10-12-36-26(15-22)32(43)44/h10,12,20-25,27-28,30,38-39H,5-9,11,13-19H2,1-4H3,(H,37,42)(H,40,41)(H,43,44)/t20?,21-,22?,23?,24-,25-,27+,28-,30-,33-,34+,35+/m0/s1. The Morgan fingerprint density at radius 3 is 2.56 bits per heavy atom. The Labute approximate surface area is 267 Å². The lowest BCUT2D eigenvalue weighted by molar-refractivity contribution is -0.231. The average molecular weight is 631 g/mol. The van der Waals surface area contributed by atoms with Gasteiger partial charge in [0.15, 0.2) is 0 Å². The third kappa shape index (κ3) is 6.23. The van der Waals surface area contributed by atoms with Gasteiger partial charge >= 0.3 is 11.9 Å². The Hall–Kier alpha value is -2.30. The monoisotopic (exact) mass is 630 g/mol. The number of aliphatic hydroxyl groups excluding tert-OH is 2. The molecule has 0 bridgehead atoms. The summed E-state index contributed by atoms with van der Waals surface area (Å²) in [5, 5.41) is 44.9. The molecule has 5 aliphatic rings. The normalized spacial score (nSPS) is 42.9. The largest absolute Gasteiger partial charge is 0.481 e. The molecule has 10 nitrogen and oxygen atoms in total. The predicted octanol–water partition coefficient (Wildman–Crippen LogP) is 4.29. The molecule has 1 aliphatic heterocycles. The van der Waals surface area contributed by atoms with Crippen molar-refractivity contribution in [2.45, 2.75) is 104 Å². The van der Waals surface area contributed by atoms with Gasteiger partial charge in [-0.2, -0.15) is 0 Å². The van der Waals surface area contributed by atoms with Gasteiger partial charge in [-0.3, -0.25) is 14.6 Å². The van der Waals surface area contributed by atoms with Crippen molar-refractivity contribution in [3.8, 4) is 0 Å². The van der Waals surface area contributed by atoms with Crippen molar-refractivity contribution in [3.05, 3.63) is 12.3 Å². The Kier molecular flexibility index (Phi) is 9.89. The van der Waals surface area contributed by atoms with Gasteiger partial charge in [-0.15, -0.1) is 0 Å². The zero-order chi connectivity index (χ0) is 32.7. The van der Waals surface area contributed by atoms with E-state index in [0.29, 0.717) is 38.5 Å². The molecule has 5 N–H and O–H groups in total. The summed E-state index contributed by atoms with van der Waals surface area (Å²) in [4.78, 5) is 38.8. The molecule has 45 heavy (non-hydrogen) atoms. The smallest absolute Gasteiger partial charge is 0.350 e. The van der Waals surface area contributed by atoms with Gasteiger partial charge in [0.2, 0.25) is 5.91 Å². The van der Waals surface area contributed by atoms with Crippen LogP contribution in [0.25, 0.3) is 0 Å². The number of nitrogens with one attached hydrogen (secondary N) is 1. The maximum Gasteiger partial charge on any atom is 0.350 e. The van der Waals surface area contributed by atoms with Crippen molar-refractivity contribution in [1.82, 2.24) is 5.32 Å². The lowest BCUT2D eigenvalue weighted by Gasteiger charge is -2.67. The number of hydrogen-bond acceptors (Lipinski definition) is 7. The van der Waals surface area contributed by atoms with E-state index in [2.05, 4.69) is 38.0 Å². The first-order valence-corrected chi connectivity index (χ1v) is 17.1. The molecule has 4 saturated carbocycles. The molecule has 0 radical (unpaired) electrons. The van der Waals surface area contributed by atoms with Crippen molar-refractivity contribution < 1.29 is 39.5 Å². The number of ether oxygens (including phenoxy) is 1. The molecule has 0 spiro atoms. The van der Waals surface area contributed by atoms with E-state index in [1.54, 1.807) is 6.08 Å². The minimum Gasteiger partial charge on any atom is -0.481 e. The van der Waals surface area contributed by atoms with Crippen LogP contribution in [0.3, 0.4) is 0 Å². The number of carbonyl (C=O) groups is 3. The SMILES string of the molecule is CC(CCC(=O)O)C1CC[C@H]2[C@@H]3[C@H](O)C[C@]4(C)C[C@@H](COCCNC(=O)C5C=CN=C(C(=O)O)C5)CC[C@]4(C)[C@H]3C[C@H](O)[C@]12C. The maximum absolute atomic E-state index is 12.5. The predicted molar refractivity (Wildman–Crippen MR) is 168 cm³/mol. The third-order valence-corrected chi connectivity index (χ3v) is 13.6. The molecule has 10 heteroatoms. The molecule has 0 saturated heterocycles. The number of fused-ring (bicyclic) bond motifs is 5. The highest BCUT2D eigenvalue weighted by Crippen LogP contribution is 2.71. The van der Waals surface area contributed by atoms with Gasteiger partial charge in [-0.1, -0.05) is 33.8 Å². The summed E-state index contributed by atoms with van der Waals surface area (Å²) in [5.41, 5.74) is -0.394. The van der Waals surface area contributed by atoms with Crippen LogP contribution < -0.4 is 5.32 Å². The number of amides is 1. The first-order valence-electron chi connectivity index (χ1n) is 17.1. The highest BCUT2D eigenvalue weighted by molar-refractivity contribution is 6.36. The van der Waals surface area contributed by atoms with Crippen LogP contribution in [0.15, 0.2) is 17.3 Å². The molecule has 3 unspecified atom stereocenters. The van der Waals surface area contributed by atoms with E-state index in [0.717, 1.165) is 38.5 Å². The first-order chi connectivity index (χ1) is 21.2. The molecule has 252 valence electrons. The van der Waals surface area contributed by atoms with E-state index < -0.39 is 30.1 Å². The van der Waals surface area contributed by atoms with Crippen LogP contribution >= 0.6 is 0 Å². The van der Waals surface area contributed by atoms with Crippen LogP contribution in [0.2, 0.25) is 0 Å². The van der Waals surface area contributed by atoms with Crippen molar-refractivity contribution in [1.29, 1.82) is 0 Å². The number of carboxylic acids is 2. The molecule has 5 rings (SSSR count). The van der Waals surface area contributed by atoms with E-state index in [1.165, 1.54) is 6.20 Å². The maximum atomic E-state index is 12.5. The van der Waals surface area contributed by atoms with Gasteiger partial charge in [-0.25, -0.2) is 4.79 Å². The summed E-state index contributed by atoms with van der Waals surface area (Å²) in [5.74, 6) is -1.19. The Balaban J connectivity index is 1.16. The third-order valence-electron chi connectivity index (χ3n) is 13.6. The molecule has 0 aromatic rings. The number of aliphatic imine (C=N–C) groups is 1. The molecule has 1 amide bonds. The second-order valence-electron chi connectivity index (χ2n) is 15.8. The lowest BCUT2D eigenvalue weighted by atomic mass is 9.38. The number of nitrogens with zero attached hydrogens (tertiary/aromatic N) is 1. The number of hydrogen-bond donors (Lipinski definition) is 5. The topological polar surface area (TPSA) is 166 Å². The van der Waals surface area contributed by atoms with Crippen LogP contribution in [0.5, 0.6) is 0 Å². The van der Waals surface area contributed by atoms with Gasteiger partial charge in [0, 0.05) is 32.2 Å². The van der Waals surface area contributed by atoms with Gasteiger partial charge in [-0.05, 0) is 103 Å². The average Bonchev–Trinajstić information content (AvgIpc) is 3.35. The van der Waals surface area contributed by atoms with Gasteiger partial charge in [0.25, 0.3) is 0 Å². The number of rotatable bonds is 11. The summed E-state index contributed by atoms with van der Waals surface area (Å²) in [7, 11) is 0. The number of aliphatic hydroxyl groups is 2. The second kappa shape index (κ2) is 13.1. The van der Waals surface area contributed by atoms with Crippen molar-refractivity contribution in [2.75, 3.05) is 19.8 Å². The molecular weight excluding hydrogens is 576 g/mol. The summed E-state index contributed by atoms with van der Waals surface area (Å²) in [6.45, 7) is 10.4. The molecule has 4 fully saturated rings. The summed E-state index contributed by atoms with van der Waals surface area (Å²) in [6, 6.07) is 0. The van der Waals surface area contributed by atoms with E-state index in [1.807, 2.05) is 0 Å². The lowest BCUT2D eigenvalue weighted by Crippen LogP contribution is -2.65. The van der Waals surface area contributed by atoms with E-state index in [4.69, 9.17) is 9.84 Å². The van der Waals surface area contributed by atoms with Crippen molar-refractivity contribution in [2.24, 2.45) is 62.7 Å². The first kappa shape index (κ1) is 34.0. The fourth-order valence-electron chi connectivity index (χ4n) is 10.9. The zero-order valence-corrected chi connectivity index (χ0v) is 27.4. The number of aliphatic carboxylic acids is 2. The minimum atomic E-state index is -1.11. The van der Waals surface area contributed by atoms with Crippen molar-refractivity contribution in [3.63, 3.8) is 0 Å². The van der Waals surface area contributed by atoms with Crippen LogP contribution in [-0.4, -0.2) is 76.0 Å². The zero-order valence-electron chi connectivity index (χ0n) is 27.4. The van der Waals surface area contributed by atoms with E-state index in [9.17, 15) is 29.7 Å². The van der Waals surface area contributed by atoms with Crippen molar-refractivity contribution >= 4 is 23.6 Å². The number of carboxylic acid groups (broad SMARTS) is 2. The quantitative estimate of drug-likeness (QED) is 0.211. The molecule has 0 aromatic carbocycles. The van der Waals surface area contributed by atoms with Crippen LogP contribution in [0.1, 0.15) is 91.9 Å². The van der Waals surface area contributed by atoms with Gasteiger partial charge < -0.3 is 30.5 Å². The summed E-state index contributed by atoms with van der Waals surface area (Å²) < 4.78 is 6.03. The molecule has 12 atom stereocenters. The molecule has 0 aromatic heterocycles. The van der Waals surface area contributed by atoms with Crippen LogP contribution in [-0.2, 0) is 19.1 Å². The highest BCUT2D eigenvalue weighted by Gasteiger charge is 2.68. The van der Waals surface area contributed by atoms with E-state index >= 15 is 0 Å². The Bertz CT molecular complexity index is 1200. The van der Waals surface area contributed by atoms with Crippen LogP contribution in [0.4, 0.5) is 0 Å². The molecular formula is C35H54N2O8. The molecule has 4 aliphatic carbocycles. The molecule has 1 heterocycles. The van der Waals surface area contributed by atoms with Gasteiger partial charge in [0.05, 0.1) is 24.7 Å². The Morgan fingerprint density at radius 2 is 1.84 bits per heavy atom. The highest BCUT2D eigenvalue weighted by atomic mass is 16.5. The fraction of sp³-hybridized carbons (Fsp3) is 0.829. The number of carbonyl (C=O) groups excluding carboxylic acids is 1. The Morgan fingerprint density at radius 1 is 1.09 bits per heavy atom. The summed E-state index contributed by atoms with van der Waals surface area (Å²) in [6.07, 6.45) is 9.37. The van der Waals surface area contributed by atoms with Crippen LogP contribution in [0, 0.1) is 57.7 Å². The summed E-state index contributed by atoms with van der Waals surface area (Å²) >= 11 is 0.